The van der Waals surface area contributed by atoms with Crippen molar-refractivity contribution >= 4 is 27.4 Å². The first kappa shape index (κ1) is 27.4. The van der Waals surface area contributed by atoms with E-state index in [0.717, 1.165) is 17.7 Å². The number of amides is 1. The largest absolute Gasteiger partial charge is 0.493 e. The maximum atomic E-state index is 13.4. The van der Waals surface area contributed by atoms with Crippen LogP contribution in [-0.4, -0.2) is 38.0 Å². The molecule has 2 aromatic carbocycles. The molecule has 38 heavy (non-hydrogen) atoms. The predicted octanol–water partition coefficient (Wildman–Crippen LogP) is 5.11. The van der Waals surface area contributed by atoms with Gasteiger partial charge in [0.1, 0.15) is 11.6 Å². The summed E-state index contributed by atoms with van der Waals surface area (Å²) >= 11 is 0. The molecule has 1 amide bonds. The van der Waals surface area contributed by atoms with Crippen LogP contribution in [0.5, 0.6) is 5.75 Å². The Kier molecular flexibility index (Phi) is 7.69. The van der Waals surface area contributed by atoms with Crippen LogP contribution in [0.4, 0.5) is 11.5 Å². The third kappa shape index (κ3) is 6.10. The molecule has 1 atom stereocenters. The van der Waals surface area contributed by atoms with Gasteiger partial charge in [0.2, 0.25) is 0 Å². The molecule has 4 rings (SSSR count). The van der Waals surface area contributed by atoms with Crippen LogP contribution in [0, 0.1) is 11.8 Å². The highest BCUT2D eigenvalue weighted by molar-refractivity contribution is 7.90. The quantitative estimate of drug-likeness (QED) is 0.385. The van der Waals surface area contributed by atoms with Crippen LogP contribution in [0.15, 0.2) is 65.6 Å². The van der Waals surface area contributed by atoms with Crippen LogP contribution in [0.1, 0.15) is 51.4 Å². The zero-order chi connectivity index (χ0) is 27.7. The number of pyridine rings is 1. The molecule has 202 valence electrons. The van der Waals surface area contributed by atoms with Crippen molar-refractivity contribution in [1.82, 2.24) is 9.71 Å². The Balaban J connectivity index is 1.70. The lowest BCUT2D eigenvalue weighted by Gasteiger charge is -2.34. The van der Waals surface area contributed by atoms with Gasteiger partial charge in [0.05, 0.1) is 22.8 Å². The lowest BCUT2D eigenvalue weighted by Crippen LogP contribution is -2.41. The molecule has 1 aliphatic heterocycles. The highest BCUT2D eigenvalue weighted by atomic mass is 32.2. The monoisotopic (exact) mass is 536 g/mol. The molecule has 0 spiro atoms. The normalized spacial score (nSPS) is 17.0. The van der Waals surface area contributed by atoms with Gasteiger partial charge in [-0.05, 0) is 86.7 Å². The van der Waals surface area contributed by atoms with E-state index in [1.807, 2.05) is 24.3 Å². The van der Waals surface area contributed by atoms with Gasteiger partial charge in [-0.3, -0.25) is 4.79 Å². The number of ether oxygens (including phenoxy) is 1. The Morgan fingerprint density at radius 1 is 1.16 bits per heavy atom. The van der Waals surface area contributed by atoms with Gasteiger partial charge in [-0.1, -0.05) is 26.8 Å². The van der Waals surface area contributed by atoms with E-state index in [1.165, 1.54) is 18.2 Å². The summed E-state index contributed by atoms with van der Waals surface area (Å²) < 4.78 is 33.9. The Bertz CT molecular complexity index is 1420. The molecule has 1 saturated heterocycles. The fraction of sp³-hybridized carbons (Fsp3) is 0.379. The first-order valence-corrected chi connectivity index (χ1v) is 14.3. The topological polar surface area (TPSA) is 115 Å². The first-order chi connectivity index (χ1) is 17.9. The molecule has 0 saturated carbocycles. The summed E-state index contributed by atoms with van der Waals surface area (Å²) in [7, 11) is -4.13. The lowest BCUT2D eigenvalue weighted by atomic mass is 9.97. The Morgan fingerprint density at radius 2 is 1.87 bits per heavy atom. The van der Waals surface area contributed by atoms with E-state index in [4.69, 9.17) is 15.5 Å². The smallest absolute Gasteiger partial charge is 0.268 e. The Hall–Kier alpha value is -3.59. The van der Waals surface area contributed by atoms with E-state index < -0.39 is 15.9 Å². The highest BCUT2D eigenvalue weighted by Crippen LogP contribution is 2.38. The van der Waals surface area contributed by atoms with Gasteiger partial charge in [0, 0.05) is 23.3 Å². The minimum Gasteiger partial charge on any atom is -0.493 e. The fourth-order valence-electron chi connectivity index (χ4n) is 4.85. The molecular formula is C29H36N4O4S. The zero-order valence-electron chi connectivity index (χ0n) is 22.6. The van der Waals surface area contributed by atoms with E-state index in [1.54, 1.807) is 18.2 Å². The van der Waals surface area contributed by atoms with Crippen molar-refractivity contribution in [3.8, 4) is 17.0 Å². The van der Waals surface area contributed by atoms with Crippen LogP contribution in [0.2, 0.25) is 0 Å². The number of carbonyl (C=O) groups is 1. The number of nitrogens with zero attached hydrogens (tertiary/aromatic N) is 2. The maximum absolute atomic E-state index is 13.4. The van der Waals surface area contributed by atoms with Crippen LogP contribution in [0.25, 0.3) is 11.3 Å². The molecule has 9 heteroatoms. The summed E-state index contributed by atoms with van der Waals surface area (Å²) in [5.41, 5.74) is 7.53. The highest BCUT2D eigenvalue weighted by Gasteiger charge is 2.39. The Labute approximate surface area is 225 Å². The van der Waals surface area contributed by atoms with Crippen LogP contribution in [0.3, 0.4) is 0 Å². The van der Waals surface area contributed by atoms with Gasteiger partial charge < -0.3 is 15.4 Å². The predicted molar refractivity (Wildman–Crippen MR) is 151 cm³/mol. The second kappa shape index (κ2) is 10.6. The summed E-state index contributed by atoms with van der Waals surface area (Å²) in [4.78, 5) is 20.3. The molecule has 8 nitrogen and oxygen atoms in total. The lowest BCUT2D eigenvalue weighted by molar-refractivity contribution is 0.0981. The minimum atomic E-state index is -4.13. The Morgan fingerprint density at radius 3 is 2.47 bits per heavy atom. The number of hydrogen-bond donors (Lipinski definition) is 2. The molecule has 3 aromatic rings. The third-order valence-electron chi connectivity index (χ3n) is 6.58. The minimum absolute atomic E-state index is 0.0770. The summed E-state index contributed by atoms with van der Waals surface area (Å²) in [5.74, 6) is 1.30. The fourth-order valence-corrected chi connectivity index (χ4v) is 5.87. The molecule has 2 heterocycles. The number of sulfonamides is 1. The molecule has 0 radical (unpaired) electrons. The maximum Gasteiger partial charge on any atom is 0.268 e. The molecule has 0 aliphatic carbocycles. The van der Waals surface area contributed by atoms with E-state index >= 15 is 0 Å². The SMILES string of the molecule is CC(C)COc1ccc(-c2ccc(C(=O)NS(=O)(=O)c3cccc(N)c3)c(N3CC(C)CC3(C)C)n2)cc1. The van der Waals surface area contributed by atoms with Gasteiger partial charge >= 0.3 is 0 Å². The molecule has 3 N–H and O–H groups in total. The second-order valence-corrected chi connectivity index (χ2v) is 12.7. The zero-order valence-corrected chi connectivity index (χ0v) is 23.4. The van der Waals surface area contributed by atoms with Gasteiger partial charge in [0.15, 0.2) is 0 Å². The first-order valence-electron chi connectivity index (χ1n) is 12.8. The molecule has 1 unspecified atom stereocenters. The van der Waals surface area contributed by atoms with Gasteiger partial charge in [-0.2, -0.15) is 0 Å². The van der Waals surface area contributed by atoms with Crippen molar-refractivity contribution in [2.24, 2.45) is 11.8 Å². The number of nitrogens with one attached hydrogen (secondary N) is 1. The van der Waals surface area contributed by atoms with E-state index in [9.17, 15) is 13.2 Å². The van der Waals surface area contributed by atoms with Crippen molar-refractivity contribution in [3.05, 3.63) is 66.2 Å². The van der Waals surface area contributed by atoms with Crippen molar-refractivity contribution in [2.75, 3.05) is 23.8 Å². The van der Waals surface area contributed by atoms with E-state index in [2.05, 4.69) is 44.2 Å². The van der Waals surface area contributed by atoms with Crippen molar-refractivity contribution in [2.45, 2.75) is 51.5 Å². The molecule has 1 aromatic heterocycles. The number of aromatic nitrogens is 1. The average molecular weight is 537 g/mol. The van der Waals surface area contributed by atoms with Crippen LogP contribution < -0.4 is 20.1 Å². The molecule has 1 fully saturated rings. The number of rotatable bonds is 8. The molecule has 0 bridgehead atoms. The van der Waals surface area contributed by atoms with E-state index in [-0.39, 0.29) is 16.0 Å². The number of nitrogens with two attached hydrogens (primary N) is 1. The van der Waals surface area contributed by atoms with Gasteiger partial charge in [0.25, 0.3) is 15.9 Å². The second-order valence-electron chi connectivity index (χ2n) is 11.0. The standard InChI is InChI=1S/C29H36N4O4S/c1-19(2)18-37-23-11-9-21(10-12-23)26-14-13-25(27(31-26)33-17-20(3)16-29(33,4)5)28(34)32-38(35,36)24-8-6-7-22(30)15-24/h6-15,19-20H,16-18,30H2,1-5H3,(H,32,34). The number of benzene rings is 2. The molecular weight excluding hydrogens is 500 g/mol. The molecule has 1 aliphatic rings. The van der Waals surface area contributed by atoms with Gasteiger partial charge in [-0.25, -0.2) is 18.1 Å². The number of nitrogen functional groups attached to an aromatic ring is 1. The van der Waals surface area contributed by atoms with Gasteiger partial charge in [-0.15, -0.1) is 0 Å². The number of anilines is 2. The summed E-state index contributed by atoms with van der Waals surface area (Å²) in [5, 5.41) is 0. The van der Waals surface area contributed by atoms with Crippen LogP contribution >= 0.6 is 0 Å². The number of carbonyl (C=O) groups excluding carboxylic acids is 1. The van der Waals surface area contributed by atoms with Crippen molar-refractivity contribution < 1.29 is 17.9 Å². The summed E-state index contributed by atoms with van der Waals surface area (Å²) in [6.07, 6.45) is 0.920. The van der Waals surface area contributed by atoms with Crippen molar-refractivity contribution in [1.29, 1.82) is 0 Å². The van der Waals surface area contributed by atoms with E-state index in [0.29, 0.717) is 42.2 Å². The van der Waals surface area contributed by atoms with Crippen molar-refractivity contribution in [3.63, 3.8) is 0 Å². The summed E-state index contributed by atoms with van der Waals surface area (Å²) in [6, 6.07) is 16.9. The van der Waals surface area contributed by atoms with Crippen LogP contribution in [-0.2, 0) is 10.0 Å². The number of hydrogen-bond acceptors (Lipinski definition) is 7. The average Bonchev–Trinajstić information content (AvgIpc) is 3.14. The summed E-state index contributed by atoms with van der Waals surface area (Å²) in [6.45, 7) is 11.9. The third-order valence-corrected chi connectivity index (χ3v) is 7.91.